The predicted octanol–water partition coefficient (Wildman–Crippen LogP) is -5.64. The van der Waals surface area contributed by atoms with Crippen LogP contribution in [0.5, 0.6) is 0 Å². The molecule has 40 heteroatoms. The number of aromatic carboxylic acids is 1. The molecule has 2 aromatic rings. The van der Waals surface area contributed by atoms with Crippen molar-refractivity contribution in [2.24, 2.45) is 0 Å². The first-order valence-corrected chi connectivity index (χ1v) is 39.0. The van der Waals surface area contributed by atoms with E-state index >= 15 is 0 Å². The molecule has 20 N–H and O–H groups in total. The highest BCUT2D eigenvalue weighted by Gasteiger charge is 2.60. The van der Waals surface area contributed by atoms with Crippen LogP contribution < -0.4 is 5.32 Å². The Bertz CT molecular complexity index is 2950. The van der Waals surface area contributed by atoms with E-state index < -0.39 is 266 Å². The summed E-state index contributed by atoms with van der Waals surface area (Å²) in [5, 5.41) is 215. The number of fused-ring (bicyclic) bond motifs is 1. The quantitative estimate of drug-likeness (QED) is 0.0396. The SMILES string of the molecule is CC(O)COCC1O[C@@H]2O[C@@H]3C(COCC(C)O)O[C@@H](O[C@@H]4C(COCC(C)O)O[C@H](O[C@@H]5C(COCC(C)O)O[C@@H](O[C@@H]6C(COCC(C)O)O[C@@H](O[C@@H]7C(COCC(C)O)O[C@H](O[C@H]1C(O)C2O)C(O)C7O)C(O)C6O)C(O)C5O)C(O)C4O)C(O)C3O.CC1(C)CCC(C)(C)c2cc(NC(=O)c3ccc(C(=O)O)cc3)ccc21. The third-order valence-corrected chi connectivity index (χ3v) is 20.9. The molecule has 40 nitrogen and oxygen atoms in total. The van der Waals surface area contributed by atoms with Gasteiger partial charge in [0.1, 0.15) is 146 Å². The van der Waals surface area contributed by atoms with Crippen molar-refractivity contribution >= 4 is 17.6 Å². The third kappa shape index (κ3) is 24.7. The normalized spacial score (nSPS) is 39.6. The Morgan fingerprint density at radius 2 is 0.552 bits per heavy atom. The standard InChI is InChI=1S/C54H96O36.C22H25NO3/c1-19(55)7-73-13-25-43-31(61)37(67)49(79-25)86-44-26(14-74-8-20(2)56)81-51(39(69)33(44)63)88-46-28(16-76-10-22(4)58)83-53(41(71)35(46)65)90-48-30(18-78-12-24(6)60)84-54(42(72)36(48)66)89-47-29(17-77-11-23(5)59)82-52(40(70)34(47)64)87-45-27(15-75-9-21(3)57)80-50(85-43)38(68)32(45)62;1-21(2)11-12-22(3,4)18-13-16(9-10-17(18)21)23-19(24)14-5-7-15(8-6-14)20(25)26/h19-72H,7-18H2,1-6H3;5-10,13H,11-12H2,1-4H3,(H,23,24)(H,25,26)/t19?,20?,21?,22?,23?,24?,25?,26?,27?,28?,29?,30?,31?,32?,33?,34?,35?,36?,37?,38?,39?,40?,41?,42?,43-,44-,45-,46-,47-,48-,49-,50-,51+,52+,53-,54+;/m1./s1. The predicted molar refractivity (Wildman–Crippen MR) is 391 cm³/mol. The van der Waals surface area contributed by atoms with Crippen LogP contribution in [0, 0.1) is 0 Å². The van der Waals surface area contributed by atoms with Crippen molar-refractivity contribution in [1.29, 1.82) is 0 Å². The topological polar surface area (TPSA) is 597 Å². The number of carbonyl (C=O) groups is 2. The number of aliphatic hydroxyl groups is 18. The number of carbonyl (C=O) groups excluding carboxylic acids is 1. The van der Waals surface area contributed by atoms with E-state index in [1.165, 1.54) is 76.9 Å². The zero-order valence-electron chi connectivity index (χ0n) is 66.4. The summed E-state index contributed by atoms with van der Waals surface area (Å²) < 4.78 is 108. The van der Waals surface area contributed by atoms with Crippen molar-refractivity contribution in [3.8, 4) is 0 Å². The highest BCUT2D eigenvalue weighted by atomic mass is 16.8. The summed E-state index contributed by atoms with van der Waals surface area (Å²) in [6.45, 7) is 11.9. The van der Waals surface area contributed by atoms with E-state index in [0.29, 0.717) is 5.56 Å². The first-order valence-electron chi connectivity index (χ1n) is 39.0. The number of benzene rings is 2. The number of carboxylic acids is 1. The van der Waals surface area contributed by atoms with Crippen LogP contribution in [-0.2, 0) is 96.1 Å². The van der Waals surface area contributed by atoms with Gasteiger partial charge in [0.25, 0.3) is 5.91 Å². The molecule has 24 unspecified atom stereocenters. The Balaban J connectivity index is 0.000000496. The van der Waals surface area contributed by atoms with Crippen molar-refractivity contribution in [3.05, 3.63) is 64.7 Å². The molecule has 25 rings (SSSR count). The second-order valence-electron chi connectivity index (χ2n) is 32.4. The molecule has 2 aromatic carbocycles. The highest BCUT2D eigenvalue weighted by molar-refractivity contribution is 6.04. The van der Waals surface area contributed by atoms with Crippen molar-refractivity contribution in [2.45, 2.75) is 314 Å². The summed E-state index contributed by atoms with van der Waals surface area (Å²) in [4.78, 5) is 23.4. The van der Waals surface area contributed by atoms with E-state index in [1.54, 1.807) is 0 Å². The largest absolute Gasteiger partial charge is 0.478 e. The maximum absolute atomic E-state index is 12.5. The molecule has 664 valence electrons. The molecular formula is C76H121NO39. The van der Waals surface area contributed by atoms with Gasteiger partial charge >= 0.3 is 5.97 Å². The molecule has 0 radical (unpaired) electrons. The lowest BCUT2D eigenvalue weighted by Crippen LogP contribution is -2.69. The first-order chi connectivity index (χ1) is 54.7. The number of hydrogen-bond donors (Lipinski definition) is 20. The number of amides is 1. The van der Waals surface area contributed by atoms with E-state index in [1.807, 2.05) is 6.07 Å². The van der Waals surface area contributed by atoms with E-state index in [9.17, 15) is 102 Å². The van der Waals surface area contributed by atoms with Crippen LogP contribution in [-0.4, -0.2) is 409 Å². The molecule has 12 bridgehead atoms. The minimum absolute atomic E-state index is 0.0781. The van der Waals surface area contributed by atoms with Gasteiger partial charge in [-0.2, -0.15) is 0 Å². The van der Waals surface area contributed by atoms with Crippen LogP contribution in [0.2, 0.25) is 0 Å². The maximum atomic E-state index is 12.5. The van der Waals surface area contributed by atoms with E-state index in [2.05, 4.69) is 45.1 Å². The number of anilines is 1. The summed E-state index contributed by atoms with van der Waals surface area (Å²) in [5.41, 5.74) is 4.22. The molecule has 36 atom stereocenters. The van der Waals surface area contributed by atoms with Gasteiger partial charge in [-0.1, -0.05) is 33.8 Å². The van der Waals surface area contributed by atoms with Crippen molar-refractivity contribution in [3.63, 3.8) is 0 Å². The number of hydrogen-bond acceptors (Lipinski definition) is 38. The van der Waals surface area contributed by atoms with Gasteiger partial charge in [-0.25, -0.2) is 4.79 Å². The molecule has 1 aliphatic carbocycles. The molecule has 22 fully saturated rings. The third-order valence-electron chi connectivity index (χ3n) is 20.9. The maximum Gasteiger partial charge on any atom is 0.335 e. The molecular weight excluding hydrogens is 1550 g/mol. The summed E-state index contributed by atoms with van der Waals surface area (Å²) in [6, 6.07) is 12.1. The van der Waals surface area contributed by atoms with Gasteiger partial charge in [0.05, 0.1) is 121 Å². The van der Waals surface area contributed by atoms with Crippen molar-refractivity contribution in [2.75, 3.05) is 84.6 Å². The summed E-state index contributed by atoms with van der Waals surface area (Å²) in [6.07, 6.45) is -62.4. The van der Waals surface area contributed by atoms with Crippen LogP contribution in [0.1, 0.15) is 114 Å². The minimum Gasteiger partial charge on any atom is -0.478 e. The van der Waals surface area contributed by atoms with E-state index in [-0.39, 0.29) is 61.9 Å². The molecule has 116 heavy (non-hydrogen) atoms. The van der Waals surface area contributed by atoms with Crippen LogP contribution in [0.15, 0.2) is 42.5 Å². The molecule has 1 amide bonds. The smallest absolute Gasteiger partial charge is 0.335 e. The lowest BCUT2D eigenvalue weighted by molar-refractivity contribution is -0.405. The monoisotopic (exact) mass is 1670 g/mol. The summed E-state index contributed by atoms with van der Waals surface area (Å²) in [7, 11) is 0. The van der Waals surface area contributed by atoms with E-state index in [4.69, 9.17) is 90.4 Å². The van der Waals surface area contributed by atoms with Crippen LogP contribution in [0.3, 0.4) is 0 Å². The van der Waals surface area contributed by atoms with Gasteiger partial charge in [-0.05, 0) is 113 Å². The van der Waals surface area contributed by atoms with Crippen LogP contribution in [0.4, 0.5) is 5.69 Å². The molecule has 22 saturated heterocycles. The van der Waals surface area contributed by atoms with Gasteiger partial charge in [-0.15, -0.1) is 0 Å². The van der Waals surface area contributed by atoms with Gasteiger partial charge in [0.15, 0.2) is 37.7 Å². The molecule has 23 aliphatic rings. The van der Waals surface area contributed by atoms with Gasteiger partial charge < -0.3 is 188 Å². The molecule has 0 aromatic heterocycles. The highest BCUT2D eigenvalue weighted by Crippen LogP contribution is 2.47. The Kier molecular flexibility index (Phi) is 35.4. The van der Waals surface area contributed by atoms with Crippen molar-refractivity contribution < 1.29 is 192 Å². The average molecular weight is 1670 g/mol. The number of aliphatic hydroxyl groups excluding tert-OH is 18. The lowest BCUT2D eigenvalue weighted by atomic mass is 9.63. The fraction of sp³-hybridized carbons (Fsp3) is 0.816. The number of rotatable bonds is 27. The fourth-order valence-corrected chi connectivity index (χ4v) is 14.6. The molecule has 22 aliphatic heterocycles. The second kappa shape index (κ2) is 42.8. The first kappa shape index (κ1) is 95.8. The van der Waals surface area contributed by atoms with Crippen molar-refractivity contribution in [1.82, 2.24) is 0 Å². The van der Waals surface area contributed by atoms with Gasteiger partial charge in [0, 0.05) is 11.3 Å². The molecule has 22 heterocycles. The van der Waals surface area contributed by atoms with E-state index in [0.717, 1.165) is 18.5 Å². The second-order valence-corrected chi connectivity index (χ2v) is 32.4. The molecule has 0 spiro atoms. The lowest BCUT2D eigenvalue weighted by Gasteiger charge is -2.51. The van der Waals surface area contributed by atoms with Gasteiger partial charge in [0.2, 0.25) is 0 Å². The Labute approximate surface area is 670 Å². The summed E-state index contributed by atoms with van der Waals surface area (Å²) >= 11 is 0. The minimum atomic E-state index is -2.18. The number of ether oxygens (including phenoxy) is 18. The Morgan fingerprint density at radius 3 is 0.767 bits per heavy atom. The zero-order valence-corrected chi connectivity index (χ0v) is 66.4. The average Bonchev–Trinajstić information content (AvgIpc) is 0.765. The number of carboxylic acid groups (broad SMARTS) is 1. The Hall–Kier alpha value is -4.06. The molecule has 0 saturated carbocycles. The van der Waals surface area contributed by atoms with Crippen LogP contribution in [0.25, 0.3) is 0 Å². The Morgan fingerprint density at radius 1 is 0.336 bits per heavy atom. The zero-order chi connectivity index (χ0) is 85.1. The summed E-state index contributed by atoms with van der Waals surface area (Å²) in [5.74, 6) is -1.24. The number of nitrogens with one attached hydrogen (secondary N) is 1. The fourth-order valence-electron chi connectivity index (χ4n) is 14.6. The van der Waals surface area contributed by atoms with Crippen LogP contribution >= 0.6 is 0 Å². The van der Waals surface area contributed by atoms with Gasteiger partial charge in [-0.3, -0.25) is 4.79 Å².